The van der Waals surface area contributed by atoms with Crippen molar-refractivity contribution in [2.45, 2.75) is 12.8 Å². The number of rotatable bonds is 6. The molecule has 0 saturated heterocycles. The molecule has 1 amide bonds. The Bertz CT molecular complexity index is 451. The highest BCUT2D eigenvalue weighted by Gasteiger charge is 2.15. The summed E-state index contributed by atoms with van der Waals surface area (Å²) in [7, 11) is 0. The maximum Gasteiger partial charge on any atom is 0.284 e. The van der Waals surface area contributed by atoms with Crippen LogP contribution in [0.4, 0.5) is 5.69 Å². The lowest BCUT2D eigenvalue weighted by Crippen LogP contribution is -2.24. The number of nitrogens with one attached hydrogen (secondary N) is 1. The van der Waals surface area contributed by atoms with Crippen LogP contribution >= 0.6 is 15.9 Å². The van der Waals surface area contributed by atoms with E-state index in [2.05, 4.69) is 21.2 Å². The Morgan fingerprint density at radius 1 is 1.44 bits per heavy atom. The SMILES string of the molecule is NCCCCNC(=O)c1ccc(Br)c([N+](=O)[O-])c1. The van der Waals surface area contributed by atoms with Gasteiger partial charge in [-0.2, -0.15) is 0 Å². The molecule has 98 valence electrons. The van der Waals surface area contributed by atoms with Crippen LogP contribution in [0.3, 0.4) is 0 Å². The van der Waals surface area contributed by atoms with Gasteiger partial charge in [-0.25, -0.2) is 0 Å². The van der Waals surface area contributed by atoms with E-state index in [1.807, 2.05) is 0 Å². The summed E-state index contributed by atoms with van der Waals surface area (Å²) in [6.45, 7) is 1.10. The Labute approximate surface area is 113 Å². The molecule has 0 saturated carbocycles. The Morgan fingerprint density at radius 2 is 2.17 bits per heavy atom. The van der Waals surface area contributed by atoms with Crippen molar-refractivity contribution in [2.24, 2.45) is 5.73 Å². The molecule has 1 rings (SSSR count). The van der Waals surface area contributed by atoms with Crippen molar-refractivity contribution in [1.82, 2.24) is 5.32 Å². The van der Waals surface area contributed by atoms with Crippen molar-refractivity contribution >= 4 is 27.5 Å². The van der Waals surface area contributed by atoms with Crippen molar-refractivity contribution in [3.63, 3.8) is 0 Å². The van der Waals surface area contributed by atoms with Gasteiger partial charge < -0.3 is 11.1 Å². The van der Waals surface area contributed by atoms with Crippen molar-refractivity contribution in [3.8, 4) is 0 Å². The van der Waals surface area contributed by atoms with Gasteiger partial charge in [-0.15, -0.1) is 0 Å². The fourth-order valence-electron chi connectivity index (χ4n) is 1.37. The molecule has 0 bridgehead atoms. The smallest absolute Gasteiger partial charge is 0.284 e. The Balaban J connectivity index is 2.68. The van der Waals surface area contributed by atoms with E-state index in [-0.39, 0.29) is 17.2 Å². The van der Waals surface area contributed by atoms with E-state index in [0.717, 1.165) is 12.8 Å². The topological polar surface area (TPSA) is 98.3 Å². The number of benzene rings is 1. The van der Waals surface area contributed by atoms with Gasteiger partial charge >= 0.3 is 0 Å². The molecule has 0 heterocycles. The molecule has 0 aliphatic heterocycles. The van der Waals surface area contributed by atoms with Crippen molar-refractivity contribution < 1.29 is 9.72 Å². The summed E-state index contributed by atoms with van der Waals surface area (Å²) >= 11 is 3.07. The van der Waals surface area contributed by atoms with Crippen LogP contribution in [-0.4, -0.2) is 23.9 Å². The van der Waals surface area contributed by atoms with Crippen LogP contribution in [0.2, 0.25) is 0 Å². The predicted octanol–water partition coefficient (Wildman–Crippen LogP) is 1.83. The lowest BCUT2D eigenvalue weighted by Gasteiger charge is -2.05. The monoisotopic (exact) mass is 315 g/mol. The molecular formula is C11H14BrN3O3. The Kier molecular flexibility index (Phi) is 5.73. The van der Waals surface area contributed by atoms with Crippen molar-refractivity contribution in [2.75, 3.05) is 13.1 Å². The summed E-state index contributed by atoms with van der Waals surface area (Å²) in [6.07, 6.45) is 1.63. The number of carbonyl (C=O) groups excluding carboxylic acids is 1. The van der Waals surface area contributed by atoms with E-state index < -0.39 is 4.92 Å². The first-order chi connectivity index (χ1) is 8.56. The number of nitro benzene ring substituents is 1. The largest absolute Gasteiger partial charge is 0.352 e. The second-order valence-corrected chi connectivity index (χ2v) is 4.53. The summed E-state index contributed by atoms with van der Waals surface area (Å²) in [5.41, 5.74) is 5.49. The van der Waals surface area contributed by atoms with E-state index in [0.29, 0.717) is 17.6 Å². The summed E-state index contributed by atoms with van der Waals surface area (Å²) in [4.78, 5) is 21.9. The van der Waals surface area contributed by atoms with Crippen LogP contribution < -0.4 is 11.1 Å². The third-order valence-corrected chi connectivity index (χ3v) is 2.99. The number of halogens is 1. The molecule has 7 heteroatoms. The van der Waals surface area contributed by atoms with Gasteiger partial charge in [0.25, 0.3) is 11.6 Å². The van der Waals surface area contributed by atoms with E-state index in [4.69, 9.17) is 5.73 Å². The fourth-order valence-corrected chi connectivity index (χ4v) is 1.76. The van der Waals surface area contributed by atoms with Gasteiger partial charge in [0, 0.05) is 18.2 Å². The van der Waals surface area contributed by atoms with Crippen LogP contribution in [-0.2, 0) is 0 Å². The molecule has 0 spiro atoms. The molecule has 0 aromatic heterocycles. The number of hydrogen-bond donors (Lipinski definition) is 2. The zero-order valence-electron chi connectivity index (χ0n) is 9.69. The molecule has 1 aromatic carbocycles. The standard InChI is InChI=1S/C11H14BrN3O3/c12-9-4-3-8(7-10(9)15(17)18)11(16)14-6-2-1-5-13/h3-4,7H,1-2,5-6,13H2,(H,14,16). The highest BCUT2D eigenvalue weighted by Crippen LogP contribution is 2.25. The summed E-state index contributed by atoms with van der Waals surface area (Å²) in [5.74, 6) is -0.317. The molecule has 0 unspecified atom stereocenters. The zero-order valence-corrected chi connectivity index (χ0v) is 11.3. The van der Waals surface area contributed by atoms with Gasteiger partial charge in [0.15, 0.2) is 0 Å². The first-order valence-corrected chi connectivity index (χ1v) is 6.27. The number of nitrogens with two attached hydrogens (primary N) is 1. The minimum atomic E-state index is -0.532. The third-order valence-electron chi connectivity index (χ3n) is 2.32. The van der Waals surface area contributed by atoms with Gasteiger partial charge in [0.1, 0.15) is 0 Å². The number of hydrogen-bond acceptors (Lipinski definition) is 4. The van der Waals surface area contributed by atoms with Gasteiger partial charge in [-0.1, -0.05) is 0 Å². The van der Waals surface area contributed by atoms with E-state index in [9.17, 15) is 14.9 Å². The predicted molar refractivity (Wildman–Crippen MR) is 71.4 cm³/mol. The minimum absolute atomic E-state index is 0.121. The first-order valence-electron chi connectivity index (χ1n) is 5.48. The summed E-state index contributed by atoms with van der Waals surface area (Å²) < 4.78 is 0.354. The second kappa shape index (κ2) is 7.07. The highest BCUT2D eigenvalue weighted by molar-refractivity contribution is 9.10. The summed E-state index contributed by atoms with van der Waals surface area (Å²) in [5, 5.41) is 13.4. The molecule has 0 atom stereocenters. The van der Waals surface area contributed by atoms with Crippen molar-refractivity contribution in [1.29, 1.82) is 0 Å². The molecule has 0 aliphatic rings. The quantitative estimate of drug-likeness (QED) is 0.475. The minimum Gasteiger partial charge on any atom is -0.352 e. The molecule has 0 aliphatic carbocycles. The van der Waals surface area contributed by atoms with Crippen LogP contribution in [0.1, 0.15) is 23.2 Å². The average Bonchev–Trinajstić information content (AvgIpc) is 2.34. The molecule has 6 nitrogen and oxygen atoms in total. The van der Waals surface area contributed by atoms with E-state index >= 15 is 0 Å². The fraction of sp³-hybridized carbons (Fsp3) is 0.364. The first kappa shape index (κ1) is 14.6. The molecule has 0 radical (unpaired) electrons. The molecule has 0 fully saturated rings. The number of nitro groups is 1. The lowest BCUT2D eigenvalue weighted by atomic mass is 10.2. The second-order valence-electron chi connectivity index (χ2n) is 3.67. The third kappa shape index (κ3) is 4.08. The number of nitrogens with zero attached hydrogens (tertiary/aromatic N) is 1. The van der Waals surface area contributed by atoms with Crippen LogP contribution in [0.5, 0.6) is 0 Å². The number of amides is 1. The van der Waals surface area contributed by atoms with Gasteiger partial charge in [-0.3, -0.25) is 14.9 Å². The molecule has 3 N–H and O–H groups in total. The zero-order chi connectivity index (χ0) is 13.5. The van der Waals surface area contributed by atoms with E-state index in [1.165, 1.54) is 18.2 Å². The normalized spacial score (nSPS) is 10.1. The highest BCUT2D eigenvalue weighted by atomic mass is 79.9. The summed E-state index contributed by atoms with van der Waals surface area (Å²) in [6, 6.07) is 4.28. The molecular weight excluding hydrogens is 302 g/mol. The molecule has 1 aromatic rings. The van der Waals surface area contributed by atoms with Crippen LogP contribution in [0.25, 0.3) is 0 Å². The average molecular weight is 316 g/mol. The van der Waals surface area contributed by atoms with Gasteiger partial charge in [0.2, 0.25) is 0 Å². The van der Waals surface area contributed by atoms with Gasteiger partial charge in [-0.05, 0) is 47.4 Å². The lowest BCUT2D eigenvalue weighted by molar-refractivity contribution is -0.385. The van der Waals surface area contributed by atoms with Crippen molar-refractivity contribution in [3.05, 3.63) is 38.3 Å². The number of unbranched alkanes of at least 4 members (excludes halogenated alkanes) is 1. The van der Waals surface area contributed by atoms with Gasteiger partial charge in [0.05, 0.1) is 9.40 Å². The molecule has 18 heavy (non-hydrogen) atoms. The van der Waals surface area contributed by atoms with Crippen LogP contribution in [0.15, 0.2) is 22.7 Å². The Morgan fingerprint density at radius 3 is 2.78 bits per heavy atom. The maximum absolute atomic E-state index is 11.7. The van der Waals surface area contributed by atoms with Crippen LogP contribution in [0, 0.1) is 10.1 Å². The number of carbonyl (C=O) groups is 1. The van der Waals surface area contributed by atoms with E-state index in [1.54, 1.807) is 0 Å². The maximum atomic E-state index is 11.7. The Hall–Kier alpha value is -1.47.